The van der Waals surface area contributed by atoms with Crippen LogP contribution in [0.1, 0.15) is 37.1 Å². The van der Waals surface area contributed by atoms with Crippen LogP contribution in [0.15, 0.2) is 51.9 Å². The van der Waals surface area contributed by atoms with Gasteiger partial charge < -0.3 is 9.84 Å². The first kappa shape index (κ1) is 25.8. The number of aromatic nitrogens is 2. The quantitative estimate of drug-likeness (QED) is 0.472. The number of nitrogens with one attached hydrogen (secondary N) is 1. The van der Waals surface area contributed by atoms with Crippen LogP contribution in [-0.2, 0) is 21.4 Å². The van der Waals surface area contributed by atoms with Crippen LogP contribution in [0.2, 0.25) is 5.02 Å². The molecule has 1 aromatic heterocycles. The summed E-state index contributed by atoms with van der Waals surface area (Å²) in [6, 6.07) is 12.3. The van der Waals surface area contributed by atoms with E-state index in [1.165, 1.54) is 4.31 Å². The highest BCUT2D eigenvalue weighted by Gasteiger charge is 2.30. The number of hydrogen-bond donors (Lipinski definition) is 1. The Kier molecular flexibility index (Phi) is 7.62. The van der Waals surface area contributed by atoms with E-state index < -0.39 is 10.0 Å². The first-order chi connectivity index (χ1) is 17.8. The van der Waals surface area contributed by atoms with Crippen LogP contribution >= 0.6 is 11.6 Å². The maximum absolute atomic E-state index is 13.1. The standard InChI is InChI=1S/C26H30ClN5O4S/c1-18-6-11-22(15-23(18)37(34,35)32-13-2-3-14-32)28-26(33)20-5-4-12-31(16-20)17-24-29-25(30-36-24)19-7-9-21(27)10-8-19/h6-11,15,20H,2-5,12-14,16-17H2,1H3,(H,28,33). The zero-order chi connectivity index (χ0) is 26.0. The van der Waals surface area contributed by atoms with E-state index in [-0.39, 0.29) is 16.7 Å². The van der Waals surface area contributed by atoms with E-state index in [2.05, 4.69) is 20.4 Å². The van der Waals surface area contributed by atoms with Gasteiger partial charge in [0, 0.05) is 35.9 Å². The number of amides is 1. The highest BCUT2D eigenvalue weighted by Crippen LogP contribution is 2.27. The largest absolute Gasteiger partial charge is 0.338 e. The van der Waals surface area contributed by atoms with Crippen molar-refractivity contribution in [2.45, 2.75) is 44.0 Å². The minimum atomic E-state index is -3.57. The summed E-state index contributed by atoms with van der Waals surface area (Å²) >= 11 is 5.95. The number of carbonyl (C=O) groups excluding carboxylic acids is 1. The number of benzene rings is 2. The number of carbonyl (C=O) groups is 1. The number of nitrogens with zero attached hydrogens (tertiary/aromatic N) is 4. The number of aryl methyl sites for hydroxylation is 1. The summed E-state index contributed by atoms with van der Waals surface area (Å²) in [6.45, 7) is 4.69. The molecule has 11 heteroatoms. The second-order valence-corrected chi connectivity index (χ2v) is 12.0. The smallest absolute Gasteiger partial charge is 0.243 e. The van der Waals surface area contributed by atoms with Gasteiger partial charge in [-0.2, -0.15) is 9.29 Å². The third-order valence-electron chi connectivity index (χ3n) is 6.94. The Morgan fingerprint density at radius 2 is 1.86 bits per heavy atom. The molecule has 2 aliphatic rings. The van der Waals surface area contributed by atoms with Crippen molar-refractivity contribution in [2.75, 3.05) is 31.5 Å². The van der Waals surface area contributed by atoms with Crippen molar-refractivity contribution in [3.05, 3.63) is 58.9 Å². The monoisotopic (exact) mass is 543 g/mol. The van der Waals surface area contributed by atoms with Crippen LogP contribution in [0.3, 0.4) is 0 Å². The van der Waals surface area contributed by atoms with Gasteiger partial charge in [-0.1, -0.05) is 22.8 Å². The van der Waals surface area contributed by atoms with Crippen LogP contribution in [0.5, 0.6) is 0 Å². The van der Waals surface area contributed by atoms with Crippen LogP contribution in [0.4, 0.5) is 5.69 Å². The predicted octanol–water partition coefficient (Wildman–Crippen LogP) is 4.33. The zero-order valence-electron chi connectivity index (χ0n) is 20.7. The van der Waals surface area contributed by atoms with Gasteiger partial charge in [0.1, 0.15) is 0 Å². The lowest BCUT2D eigenvalue weighted by atomic mass is 9.97. The molecule has 37 heavy (non-hydrogen) atoms. The Morgan fingerprint density at radius 1 is 1.11 bits per heavy atom. The van der Waals surface area contributed by atoms with Gasteiger partial charge in [0.05, 0.1) is 17.4 Å². The summed E-state index contributed by atoms with van der Waals surface area (Å²) in [5.41, 5.74) is 1.99. The SMILES string of the molecule is Cc1ccc(NC(=O)C2CCCN(Cc3nc(-c4ccc(Cl)cc4)no3)C2)cc1S(=O)(=O)N1CCCC1. The summed E-state index contributed by atoms with van der Waals surface area (Å²) in [4.78, 5) is 20.0. The van der Waals surface area contributed by atoms with E-state index in [1.54, 1.807) is 37.3 Å². The minimum Gasteiger partial charge on any atom is -0.338 e. The fourth-order valence-corrected chi connectivity index (χ4v) is 6.80. The molecule has 9 nitrogen and oxygen atoms in total. The first-order valence-corrected chi connectivity index (χ1v) is 14.3. The predicted molar refractivity (Wildman–Crippen MR) is 141 cm³/mol. The molecule has 1 amide bonds. The topological polar surface area (TPSA) is 109 Å². The Hall–Kier alpha value is -2.79. The molecule has 1 unspecified atom stereocenters. The van der Waals surface area contributed by atoms with E-state index in [0.29, 0.717) is 54.2 Å². The van der Waals surface area contributed by atoms with Crippen molar-refractivity contribution in [2.24, 2.45) is 5.92 Å². The molecule has 0 radical (unpaired) electrons. The molecular formula is C26H30ClN5O4S. The second kappa shape index (κ2) is 10.9. The Labute approximate surface area is 221 Å². The zero-order valence-corrected chi connectivity index (χ0v) is 22.3. The van der Waals surface area contributed by atoms with E-state index in [9.17, 15) is 13.2 Å². The van der Waals surface area contributed by atoms with E-state index in [1.807, 2.05) is 12.1 Å². The van der Waals surface area contributed by atoms with E-state index in [0.717, 1.165) is 37.8 Å². The van der Waals surface area contributed by atoms with Gasteiger partial charge in [0.15, 0.2) is 0 Å². The lowest BCUT2D eigenvalue weighted by Gasteiger charge is -2.30. The lowest BCUT2D eigenvalue weighted by molar-refractivity contribution is -0.121. The van der Waals surface area contributed by atoms with Gasteiger partial charge >= 0.3 is 0 Å². The first-order valence-electron chi connectivity index (χ1n) is 12.5. The highest BCUT2D eigenvalue weighted by molar-refractivity contribution is 7.89. The number of rotatable bonds is 7. The maximum atomic E-state index is 13.1. The van der Waals surface area contributed by atoms with Crippen molar-refractivity contribution < 1.29 is 17.7 Å². The molecule has 2 aliphatic heterocycles. The average Bonchev–Trinajstić information content (AvgIpc) is 3.59. The van der Waals surface area contributed by atoms with Gasteiger partial charge in [0.25, 0.3) is 0 Å². The summed E-state index contributed by atoms with van der Waals surface area (Å²) in [5, 5.41) is 7.65. The van der Waals surface area contributed by atoms with E-state index in [4.69, 9.17) is 16.1 Å². The summed E-state index contributed by atoms with van der Waals surface area (Å²) in [5.74, 6) is 0.635. The Balaban J connectivity index is 1.22. The molecule has 1 N–H and O–H groups in total. The van der Waals surface area contributed by atoms with Gasteiger partial charge in [0.2, 0.25) is 27.6 Å². The number of likely N-dealkylation sites (tertiary alicyclic amines) is 1. The summed E-state index contributed by atoms with van der Waals surface area (Å²) in [7, 11) is -3.57. The molecule has 3 heterocycles. The van der Waals surface area contributed by atoms with Crippen molar-refractivity contribution in [3.8, 4) is 11.4 Å². The lowest BCUT2D eigenvalue weighted by Crippen LogP contribution is -2.40. The molecule has 196 valence electrons. The van der Waals surface area contributed by atoms with Gasteiger partial charge in [-0.25, -0.2) is 8.42 Å². The molecule has 3 aromatic rings. The van der Waals surface area contributed by atoms with Crippen LogP contribution < -0.4 is 5.32 Å². The maximum Gasteiger partial charge on any atom is 0.243 e. The normalized spacial score (nSPS) is 19.2. The Morgan fingerprint density at radius 3 is 2.62 bits per heavy atom. The van der Waals surface area contributed by atoms with Gasteiger partial charge in [-0.3, -0.25) is 9.69 Å². The third-order valence-corrected chi connectivity index (χ3v) is 9.24. The molecule has 0 aliphatic carbocycles. The number of sulfonamides is 1. The fourth-order valence-electron chi connectivity index (χ4n) is 4.91. The third kappa shape index (κ3) is 5.87. The number of hydrogen-bond acceptors (Lipinski definition) is 7. The molecule has 0 saturated carbocycles. The average molecular weight is 544 g/mol. The molecule has 0 spiro atoms. The van der Waals surface area contributed by atoms with Gasteiger partial charge in [-0.05, 0) is 81.1 Å². The van der Waals surface area contributed by atoms with Crippen molar-refractivity contribution in [1.29, 1.82) is 0 Å². The van der Waals surface area contributed by atoms with Crippen molar-refractivity contribution in [1.82, 2.24) is 19.3 Å². The molecule has 1 atom stereocenters. The molecule has 0 bridgehead atoms. The number of halogens is 1. The minimum absolute atomic E-state index is 0.120. The molecule has 2 fully saturated rings. The fraction of sp³-hybridized carbons (Fsp3) is 0.423. The highest BCUT2D eigenvalue weighted by atomic mass is 35.5. The van der Waals surface area contributed by atoms with Crippen molar-refractivity contribution >= 4 is 33.2 Å². The van der Waals surface area contributed by atoms with Crippen molar-refractivity contribution in [3.63, 3.8) is 0 Å². The molecule has 2 aromatic carbocycles. The molecule has 2 saturated heterocycles. The number of piperidine rings is 1. The number of anilines is 1. The second-order valence-electron chi connectivity index (χ2n) is 9.67. The Bertz CT molecular complexity index is 1370. The molecule has 5 rings (SSSR count). The summed E-state index contributed by atoms with van der Waals surface area (Å²) < 4.78 is 33.2. The summed E-state index contributed by atoms with van der Waals surface area (Å²) in [6.07, 6.45) is 3.36. The van der Waals surface area contributed by atoms with Crippen LogP contribution in [0, 0.1) is 12.8 Å². The molecular weight excluding hydrogens is 514 g/mol. The van der Waals surface area contributed by atoms with Gasteiger partial charge in [-0.15, -0.1) is 0 Å². The van der Waals surface area contributed by atoms with E-state index >= 15 is 0 Å². The van der Waals surface area contributed by atoms with Crippen LogP contribution in [0.25, 0.3) is 11.4 Å². The van der Waals surface area contributed by atoms with Crippen LogP contribution in [-0.4, -0.2) is 59.8 Å².